The van der Waals surface area contributed by atoms with Gasteiger partial charge in [-0.2, -0.15) is 0 Å². The van der Waals surface area contributed by atoms with Crippen LogP contribution in [0.15, 0.2) is 18.2 Å². The number of amides is 1. The minimum Gasteiger partial charge on any atom is -0.379 e. The molecular formula is C23H32N6O2. The molecule has 0 bridgehead atoms. The normalized spacial score (nSPS) is 20.0. The molecule has 31 heavy (non-hydrogen) atoms. The number of nitrogens with zero attached hydrogens (tertiary/aromatic N) is 5. The molecule has 4 heterocycles. The predicted molar refractivity (Wildman–Crippen MR) is 120 cm³/mol. The third-order valence-electron chi connectivity index (χ3n) is 5.87. The van der Waals surface area contributed by atoms with E-state index in [1.165, 1.54) is 0 Å². The second kappa shape index (κ2) is 9.70. The SMILES string of the molecule is Cc1cc(Nc2nc(C)cc(C)n2)cc([C@H]2CCCN(C(=O)CN3CCOCC3)C2)n1. The summed E-state index contributed by atoms with van der Waals surface area (Å²) in [6, 6.07) is 6.04. The number of aryl methyl sites for hydroxylation is 3. The fraction of sp³-hybridized carbons (Fsp3) is 0.565. The number of rotatable bonds is 5. The van der Waals surface area contributed by atoms with Crippen molar-refractivity contribution in [1.82, 2.24) is 24.8 Å². The van der Waals surface area contributed by atoms with E-state index < -0.39 is 0 Å². The van der Waals surface area contributed by atoms with Crippen LogP contribution in [0.4, 0.5) is 11.6 Å². The van der Waals surface area contributed by atoms with Gasteiger partial charge in [0.15, 0.2) is 0 Å². The molecule has 4 rings (SSSR count). The minimum absolute atomic E-state index is 0.209. The summed E-state index contributed by atoms with van der Waals surface area (Å²) in [5.41, 5.74) is 4.77. The van der Waals surface area contributed by atoms with Gasteiger partial charge in [-0.05, 0) is 51.8 Å². The van der Waals surface area contributed by atoms with Crippen LogP contribution in [-0.4, -0.2) is 76.6 Å². The monoisotopic (exact) mass is 424 g/mol. The van der Waals surface area contributed by atoms with Crippen LogP contribution >= 0.6 is 0 Å². The molecular weight excluding hydrogens is 392 g/mol. The maximum Gasteiger partial charge on any atom is 0.236 e. The Balaban J connectivity index is 1.45. The third kappa shape index (κ3) is 5.77. The number of carbonyl (C=O) groups is 1. The highest BCUT2D eigenvalue weighted by molar-refractivity contribution is 5.78. The average Bonchev–Trinajstić information content (AvgIpc) is 2.73. The fourth-order valence-electron chi connectivity index (χ4n) is 4.38. The molecule has 0 unspecified atom stereocenters. The van der Waals surface area contributed by atoms with Gasteiger partial charge in [0.2, 0.25) is 11.9 Å². The minimum atomic E-state index is 0.209. The van der Waals surface area contributed by atoms with Gasteiger partial charge in [-0.15, -0.1) is 0 Å². The molecule has 2 aromatic rings. The van der Waals surface area contributed by atoms with Gasteiger partial charge in [0.1, 0.15) is 0 Å². The molecule has 2 aliphatic heterocycles. The lowest BCUT2D eigenvalue weighted by atomic mass is 9.93. The standard InChI is InChI=1S/C23H32N6O2/c1-16-11-17(2)26-23(25-16)27-20-12-18(3)24-21(13-20)19-5-4-6-29(14-19)22(30)15-28-7-9-31-10-8-28/h11-13,19H,4-10,14-15H2,1-3H3,(H,24,25,26,27)/t19-/m0/s1. The predicted octanol–water partition coefficient (Wildman–Crippen LogP) is 2.58. The second-order valence-corrected chi connectivity index (χ2v) is 8.59. The van der Waals surface area contributed by atoms with Crippen LogP contribution < -0.4 is 5.32 Å². The first-order chi connectivity index (χ1) is 15.0. The van der Waals surface area contributed by atoms with E-state index in [9.17, 15) is 4.79 Å². The number of carbonyl (C=O) groups excluding carboxylic acids is 1. The fourth-order valence-corrected chi connectivity index (χ4v) is 4.38. The molecule has 2 saturated heterocycles. The summed E-state index contributed by atoms with van der Waals surface area (Å²) in [6.45, 7) is 11.0. The molecule has 0 aromatic carbocycles. The average molecular weight is 425 g/mol. The number of hydrogen-bond donors (Lipinski definition) is 1. The molecule has 1 N–H and O–H groups in total. The lowest BCUT2D eigenvalue weighted by molar-refractivity contribution is -0.134. The highest BCUT2D eigenvalue weighted by Gasteiger charge is 2.27. The summed E-state index contributed by atoms with van der Waals surface area (Å²) in [6.07, 6.45) is 2.04. The summed E-state index contributed by atoms with van der Waals surface area (Å²) >= 11 is 0. The molecule has 2 aliphatic rings. The number of hydrogen-bond acceptors (Lipinski definition) is 7. The van der Waals surface area contributed by atoms with Crippen molar-refractivity contribution in [1.29, 1.82) is 0 Å². The molecule has 0 spiro atoms. The van der Waals surface area contributed by atoms with E-state index in [0.29, 0.717) is 25.7 Å². The van der Waals surface area contributed by atoms with Crippen LogP contribution in [0.1, 0.15) is 41.5 Å². The lowest BCUT2D eigenvalue weighted by Gasteiger charge is -2.35. The molecule has 8 nitrogen and oxygen atoms in total. The highest BCUT2D eigenvalue weighted by atomic mass is 16.5. The number of morpholine rings is 1. The van der Waals surface area contributed by atoms with Crippen LogP contribution in [0.5, 0.6) is 0 Å². The summed E-state index contributed by atoms with van der Waals surface area (Å²) in [5, 5.41) is 3.33. The molecule has 8 heteroatoms. The zero-order chi connectivity index (χ0) is 21.8. The first-order valence-electron chi connectivity index (χ1n) is 11.1. The number of ether oxygens (including phenoxy) is 1. The first kappa shape index (κ1) is 21.6. The largest absolute Gasteiger partial charge is 0.379 e. The maximum absolute atomic E-state index is 12.9. The van der Waals surface area contributed by atoms with Gasteiger partial charge in [-0.1, -0.05) is 0 Å². The van der Waals surface area contributed by atoms with Crippen molar-refractivity contribution in [3.63, 3.8) is 0 Å². The van der Waals surface area contributed by atoms with Gasteiger partial charge < -0.3 is 15.0 Å². The molecule has 166 valence electrons. The topological polar surface area (TPSA) is 83.5 Å². The molecule has 0 saturated carbocycles. The quantitative estimate of drug-likeness (QED) is 0.790. The van der Waals surface area contributed by atoms with E-state index in [1.807, 2.05) is 37.8 Å². The Hall–Kier alpha value is -2.58. The first-order valence-corrected chi connectivity index (χ1v) is 11.1. The number of piperidine rings is 1. The number of aromatic nitrogens is 3. The lowest BCUT2D eigenvalue weighted by Crippen LogP contribution is -2.47. The van der Waals surface area contributed by atoms with Crippen LogP contribution in [0.2, 0.25) is 0 Å². The van der Waals surface area contributed by atoms with E-state index in [4.69, 9.17) is 9.72 Å². The number of likely N-dealkylation sites (tertiary alicyclic amines) is 1. The van der Waals surface area contributed by atoms with Crippen LogP contribution in [0.3, 0.4) is 0 Å². The number of anilines is 2. The molecule has 1 amide bonds. The Morgan fingerprint density at radius 2 is 1.74 bits per heavy atom. The zero-order valence-corrected chi connectivity index (χ0v) is 18.7. The Bertz CT molecular complexity index is 908. The molecule has 0 radical (unpaired) electrons. The van der Waals surface area contributed by atoms with Crippen molar-refractivity contribution in [3.05, 3.63) is 41.0 Å². The van der Waals surface area contributed by atoms with E-state index >= 15 is 0 Å². The summed E-state index contributed by atoms with van der Waals surface area (Å²) < 4.78 is 5.39. The molecule has 1 atom stereocenters. The Morgan fingerprint density at radius 3 is 2.48 bits per heavy atom. The van der Waals surface area contributed by atoms with Crippen molar-refractivity contribution in [2.75, 3.05) is 51.3 Å². The Morgan fingerprint density at radius 1 is 1.03 bits per heavy atom. The van der Waals surface area contributed by atoms with Crippen molar-refractivity contribution >= 4 is 17.5 Å². The van der Waals surface area contributed by atoms with E-state index in [-0.39, 0.29) is 11.8 Å². The van der Waals surface area contributed by atoms with Gasteiger partial charge in [-0.25, -0.2) is 9.97 Å². The van der Waals surface area contributed by atoms with Crippen LogP contribution in [-0.2, 0) is 9.53 Å². The van der Waals surface area contributed by atoms with Crippen LogP contribution in [0, 0.1) is 20.8 Å². The summed E-state index contributed by atoms with van der Waals surface area (Å²) in [4.78, 5) is 30.8. The molecule has 2 aromatic heterocycles. The Kier molecular flexibility index (Phi) is 6.77. The second-order valence-electron chi connectivity index (χ2n) is 8.59. The third-order valence-corrected chi connectivity index (χ3v) is 5.87. The van der Waals surface area contributed by atoms with Gasteiger partial charge >= 0.3 is 0 Å². The van der Waals surface area contributed by atoms with Gasteiger partial charge in [0, 0.05) is 60.6 Å². The van der Waals surface area contributed by atoms with Crippen molar-refractivity contribution in [3.8, 4) is 0 Å². The van der Waals surface area contributed by atoms with Gasteiger partial charge in [0.25, 0.3) is 0 Å². The highest BCUT2D eigenvalue weighted by Crippen LogP contribution is 2.28. The van der Waals surface area contributed by atoms with Crippen molar-refractivity contribution in [2.45, 2.75) is 39.5 Å². The van der Waals surface area contributed by atoms with E-state index in [2.05, 4.69) is 26.3 Å². The summed E-state index contributed by atoms with van der Waals surface area (Å²) in [5.74, 6) is 1.05. The van der Waals surface area contributed by atoms with Gasteiger partial charge in [0.05, 0.1) is 19.8 Å². The van der Waals surface area contributed by atoms with Crippen molar-refractivity contribution < 1.29 is 9.53 Å². The van der Waals surface area contributed by atoms with Crippen LogP contribution in [0.25, 0.3) is 0 Å². The van der Waals surface area contributed by atoms with E-state index in [1.54, 1.807) is 0 Å². The molecule has 2 fully saturated rings. The van der Waals surface area contributed by atoms with Crippen molar-refractivity contribution in [2.24, 2.45) is 0 Å². The summed E-state index contributed by atoms with van der Waals surface area (Å²) in [7, 11) is 0. The van der Waals surface area contributed by atoms with E-state index in [0.717, 1.165) is 67.5 Å². The molecule has 0 aliphatic carbocycles. The zero-order valence-electron chi connectivity index (χ0n) is 18.7. The number of nitrogens with one attached hydrogen (secondary N) is 1. The van der Waals surface area contributed by atoms with Gasteiger partial charge in [-0.3, -0.25) is 14.7 Å². The Labute approximate surface area is 184 Å². The maximum atomic E-state index is 12.9. The number of pyridine rings is 1. The smallest absolute Gasteiger partial charge is 0.236 e.